The number of amides is 2. The summed E-state index contributed by atoms with van der Waals surface area (Å²) in [6.45, 7) is 4.25. The van der Waals surface area contributed by atoms with Crippen LogP contribution in [0.5, 0.6) is 0 Å². The molecular weight excluding hydrogens is 398 g/mol. The molecule has 30 heavy (non-hydrogen) atoms. The van der Waals surface area contributed by atoms with E-state index in [1.165, 1.54) is 24.8 Å². The quantitative estimate of drug-likeness (QED) is 0.765. The van der Waals surface area contributed by atoms with E-state index in [0.29, 0.717) is 17.3 Å². The van der Waals surface area contributed by atoms with Crippen LogP contribution in [0.4, 0.5) is 11.4 Å². The standard InChI is InChI=1S/C24H28ClN3O2/c1-17(29)28-14-11-18-7-3-4-8-20(18)23(28)16-24(30)26-19-9-10-22(21(25)15-19)27-12-5-2-6-13-27/h3-4,7-10,15,23H,2,5-6,11-14,16H2,1H3,(H,26,30). The molecule has 2 aromatic rings. The second kappa shape index (κ2) is 9.09. The van der Waals surface area contributed by atoms with Crippen LogP contribution in [0.15, 0.2) is 42.5 Å². The van der Waals surface area contributed by atoms with Gasteiger partial charge >= 0.3 is 0 Å². The van der Waals surface area contributed by atoms with Crippen molar-refractivity contribution in [1.29, 1.82) is 0 Å². The summed E-state index contributed by atoms with van der Waals surface area (Å²) in [5.74, 6) is -0.124. The Kier molecular flexibility index (Phi) is 6.28. The molecule has 1 saturated heterocycles. The number of hydrogen-bond donors (Lipinski definition) is 1. The molecule has 0 bridgehead atoms. The van der Waals surface area contributed by atoms with Crippen LogP contribution in [-0.2, 0) is 16.0 Å². The highest BCUT2D eigenvalue weighted by Gasteiger charge is 2.30. The molecule has 2 aliphatic rings. The number of rotatable bonds is 4. The summed E-state index contributed by atoms with van der Waals surface area (Å²) >= 11 is 6.52. The van der Waals surface area contributed by atoms with Gasteiger partial charge in [0.05, 0.1) is 23.2 Å². The summed E-state index contributed by atoms with van der Waals surface area (Å²) in [6.07, 6.45) is 4.68. The molecule has 2 aliphatic heterocycles. The predicted octanol–water partition coefficient (Wildman–Crippen LogP) is 4.80. The molecule has 4 rings (SSSR count). The predicted molar refractivity (Wildman–Crippen MR) is 121 cm³/mol. The molecule has 0 aromatic heterocycles. The molecule has 158 valence electrons. The van der Waals surface area contributed by atoms with Crippen molar-refractivity contribution in [2.24, 2.45) is 0 Å². The maximum atomic E-state index is 12.9. The van der Waals surface area contributed by atoms with Crippen molar-refractivity contribution in [3.8, 4) is 0 Å². The summed E-state index contributed by atoms with van der Waals surface area (Å²) in [7, 11) is 0. The minimum Gasteiger partial charge on any atom is -0.370 e. The van der Waals surface area contributed by atoms with Gasteiger partial charge in [-0.25, -0.2) is 0 Å². The van der Waals surface area contributed by atoms with E-state index in [1.54, 1.807) is 11.8 Å². The van der Waals surface area contributed by atoms with E-state index in [0.717, 1.165) is 30.8 Å². The molecule has 0 aliphatic carbocycles. The van der Waals surface area contributed by atoms with Gasteiger partial charge in [0.1, 0.15) is 0 Å². The average molecular weight is 426 g/mol. The third-order valence-corrected chi connectivity index (χ3v) is 6.43. The van der Waals surface area contributed by atoms with Gasteiger partial charge in [-0.2, -0.15) is 0 Å². The van der Waals surface area contributed by atoms with Crippen LogP contribution in [-0.4, -0.2) is 36.3 Å². The molecular formula is C24H28ClN3O2. The first-order chi connectivity index (χ1) is 14.5. The second-order valence-corrected chi connectivity index (χ2v) is 8.55. The Hall–Kier alpha value is -2.53. The summed E-state index contributed by atoms with van der Waals surface area (Å²) in [6, 6.07) is 13.5. The van der Waals surface area contributed by atoms with Gasteiger partial charge in [-0.15, -0.1) is 0 Å². The van der Waals surface area contributed by atoms with Crippen molar-refractivity contribution in [3.63, 3.8) is 0 Å². The zero-order chi connectivity index (χ0) is 21.1. The van der Waals surface area contributed by atoms with Gasteiger partial charge in [0.15, 0.2) is 0 Å². The number of nitrogens with zero attached hydrogens (tertiary/aromatic N) is 2. The lowest BCUT2D eigenvalue weighted by Crippen LogP contribution is -2.40. The Morgan fingerprint density at radius 1 is 1.07 bits per heavy atom. The lowest BCUT2D eigenvalue weighted by atomic mass is 9.90. The lowest BCUT2D eigenvalue weighted by molar-refractivity contribution is -0.132. The van der Waals surface area contributed by atoms with Gasteiger partial charge in [0.25, 0.3) is 0 Å². The molecule has 2 aromatic carbocycles. The minimum atomic E-state index is -0.240. The van der Waals surface area contributed by atoms with Crippen molar-refractivity contribution in [1.82, 2.24) is 4.90 Å². The van der Waals surface area contributed by atoms with Gasteiger partial charge in [-0.05, 0) is 55.0 Å². The largest absolute Gasteiger partial charge is 0.370 e. The van der Waals surface area contributed by atoms with Crippen molar-refractivity contribution < 1.29 is 9.59 Å². The maximum Gasteiger partial charge on any atom is 0.226 e. The molecule has 1 unspecified atom stereocenters. The fraction of sp³-hybridized carbons (Fsp3) is 0.417. The SMILES string of the molecule is CC(=O)N1CCc2ccccc2C1CC(=O)Nc1ccc(N2CCCCC2)c(Cl)c1. The van der Waals surface area contributed by atoms with Gasteiger partial charge < -0.3 is 15.1 Å². The van der Waals surface area contributed by atoms with Crippen molar-refractivity contribution in [3.05, 3.63) is 58.6 Å². The van der Waals surface area contributed by atoms with E-state index in [-0.39, 0.29) is 24.3 Å². The topological polar surface area (TPSA) is 52.7 Å². The number of benzene rings is 2. The first-order valence-electron chi connectivity index (χ1n) is 10.7. The molecule has 5 nitrogen and oxygen atoms in total. The molecule has 0 saturated carbocycles. The van der Waals surface area contributed by atoms with E-state index in [2.05, 4.69) is 16.3 Å². The summed E-state index contributed by atoms with van der Waals surface area (Å²) in [5.41, 5.74) is 3.98. The Labute approximate surface area is 183 Å². The van der Waals surface area contributed by atoms with Gasteiger partial charge in [-0.1, -0.05) is 35.9 Å². The summed E-state index contributed by atoms with van der Waals surface area (Å²) in [5, 5.41) is 3.63. The number of carbonyl (C=O) groups is 2. The van der Waals surface area contributed by atoms with E-state index < -0.39 is 0 Å². The summed E-state index contributed by atoms with van der Waals surface area (Å²) < 4.78 is 0. The molecule has 1 fully saturated rings. The van der Waals surface area contributed by atoms with Crippen LogP contribution in [0.25, 0.3) is 0 Å². The van der Waals surface area contributed by atoms with Crippen LogP contribution < -0.4 is 10.2 Å². The Morgan fingerprint density at radius 3 is 2.57 bits per heavy atom. The third kappa shape index (κ3) is 4.46. The normalized spacial score (nSPS) is 18.7. The Morgan fingerprint density at radius 2 is 1.83 bits per heavy atom. The van der Waals surface area contributed by atoms with Gasteiger partial charge in [0.2, 0.25) is 11.8 Å². The fourth-order valence-electron chi connectivity index (χ4n) is 4.61. The van der Waals surface area contributed by atoms with Crippen molar-refractivity contribution in [2.45, 2.75) is 45.1 Å². The number of nitrogens with one attached hydrogen (secondary N) is 1. The molecule has 1 N–H and O–H groups in total. The second-order valence-electron chi connectivity index (χ2n) is 8.14. The minimum absolute atomic E-state index is 0.00349. The van der Waals surface area contributed by atoms with Gasteiger partial charge in [-0.3, -0.25) is 9.59 Å². The van der Waals surface area contributed by atoms with E-state index in [9.17, 15) is 9.59 Å². The number of halogens is 1. The highest BCUT2D eigenvalue weighted by atomic mass is 35.5. The first kappa shape index (κ1) is 20.7. The summed E-state index contributed by atoms with van der Waals surface area (Å²) in [4.78, 5) is 29.1. The van der Waals surface area contributed by atoms with Crippen LogP contribution >= 0.6 is 11.6 Å². The van der Waals surface area contributed by atoms with Crippen LogP contribution in [0.2, 0.25) is 5.02 Å². The highest BCUT2D eigenvalue weighted by Crippen LogP contribution is 2.34. The zero-order valence-corrected chi connectivity index (χ0v) is 18.1. The van der Waals surface area contributed by atoms with Gasteiger partial charge in [0, 0.05) is 32.2 Å². The van der Waals surface area contributed by atoms with E-state index >= 15 is 0 Å². The number of anilines is 2. The third-order valence-electron chi connectivity index (χ3n) is 6.12. The Balaban J connectivity index is 1.47. The number of carbonyl (C=O) groups excluding carboxylic acids is 2. The lowest BCUT2D eigenvalue weighted by Gasteiger charge is -2.36. The monoisotopic (exact) mass is 425 g/mol. The average Bonchev–Trinajstić information content (AvgIpc) is 2.74. The number of piperidine rings is 1. The molecule has 6 heteroatoms. The fourth-order valence-corrected chi connectivity index (χ4v) is 4.91. The van der Waals surface area contributed by atoms with Crippen LogP contribution in [0.1, 0.15) is 49.8 Å². The smallest absolute Gasteiger partial charge is 0.226 e. The highest BCUT2D eigenvalue weighted by molar-refractivity contribution is 6.33. The molecule has 2 heterocycles. The number of fused-ring (bicyclic) bond motifs is 1. The Bertz CT molecular complexity index is 940. The molecule has 0 spiro atoms. The number of hydrogen-bond acceptors (Lipinski definition) is 3. The maximum absolute atomic E-state index is 12.9. The molecule has 0 radical (unpaired) electrons. The molecule has 2 amide bonds. The van der Waals surface area contributed by atoms with Crippen LogP contribution in [0.3, 0.4) is 0 Å². The first-order valence-corrected chi connectivity index (χ1v) is 11.1. The van der Waals surface area contributed by atoms with Crippen LogP contribution in [0, 0.1) is 0 Å². The van der Waals surface area contributed by atoms with Crippen molar-refractivity contribution in [2.75, 3.05) is 29.9 Å². The zero-order valence-electron chi connectivity index (χ0n) is 17.4. The molecule has 1 atom stereocenters. The van der Waals surface area contributed by atoms with Crippen molar-refractivity contribution >= 4 is 34.8 Å². The van der Waals surface area contributed by atoms with E-state index in [4.69, 9.17) is 11.6 Å². The van der Waals surface area contributed by atoms with E-state index in [1.807, 2.05) is 36.4 Å².